The molecule has 1 aromatic carbocycles. The topological polar surface area (TPSA) is 48.4 Å². The molecule has 1 aliphatic rings. The second-order valence-electron chi connectivity index (χ2n) is 7.99. The summed E-state index contributed by atoms with van der Waals surface area (Å²) in [6.45, 7) is 3.39. The van der Waals surface area contributed by atoms with E-state index in [9.17, 15) is 31.4 Å². The van der Waals surface area contributed by atoms with E-state index in [-0.39, 0.29) is 29.9 Å². The Balaban J connectivity index is 2.03. The first-order chi connectivity index (χ1) is 14.7. The van der Waals surface area contributed by atoms with E-state index in [0.717, 1.165) is 18.3 Å². The minimum atomic E-state index is -4.60. The summed E-state index contributed by atoms with van der Waals surface area (Å²) in [5.41, 5.74) is -2.10. The molecule has 2 heterocycles. The van der Waals surface area contributed by atoms with Crippen LogP contribution in [0.1, 0.15) is 30.7 Å². The highest BCUT2D eigenvalue weighted by molar-refractivity contribution is 5.80. The summed E-state index contributed by atoms with van der Waals surface area (Å²) in [7, 11) is 0. The monoisotopic (exact) mass is 457 g/mol. The third-order valence-corrected chi connectivity index (χ3v) is 4.63. The van der Waals surface area contributed by atoms with Gasteiger partial charge in [-0.25, -0.2) is 4.98 Å². The van der Waals surface area contributed by atoms with Crippen LogP contribution in [0.5, 0.6) is 0 Å². The highest BCUT2D eigenvalue weighted by atomic mass is 19.4. The molecule has 0 atom stereocenters. The lowest BCUT2D eigenvalue weighted by molar-refractivity contribution is -0.141. The van der Waals surface area contributed by atoms with E-state index in [4.69, 9.17) is 0 Å². The first kappa shape index (κ1) is 23.6. The molecule has 10 heteroatoms. The van der Waals surface area contributed by atoms with Gasteiger partial charge in [0.25, 0.3) is 0 Å². The summed E-state index contributed by atoms with van der Waals surface area (Å²) in [4.78, 5) is 4.94. The van der Waals surface area contributed by atoms with Gasteiger partial charge in [-0.3, -0.25) is 0 Å². The van der Waals surface area contributed by atoms with Crippen LogP contribution in [0.3, 0.4) is 0 Å². The van der Waals surface area contributed by atoms with Crippen LogP contribution < -0.4 is 10.2 Å². The van der Waals surface area contributed by atoms with Crippen molar-refractivity contribution in [3.63, 3.8) is 0 Å². The zero-order valence-corrected chi connectivity index (χ0v) is 17.2. The molecule has 0 saturated carbocycles. The molecular weight excluding hydrogens is 436 g/mol. The van der Waals surface area contributed by atoms with Crippen molar-refractivity contribution >= 4 is 11.3 Å². The van der Waals surface area contributed by atoms with Crippen LogP contribution in [-0.2, 0) is 12.4 Å². The van der Waals surface area contributed by atoms with E-state index >= 15 is 0 Å². The zero-order valence-electron chi connectivity index (χ0n) is 17.2. The van der Waals surface area contributed by atoms with Gasteiger partial charge in [-0.2, -0.15) is 26.3 Å². The minimum absolute atomic E-state index is 0.0767. The molecule has 0 saturated heterocycles. The van der Waals surface area contributed by atoms with Crippen LogP contribution in [0.2, 0.25) is 0 Å². The predicted octanol–water partition coefficient (Wildman–Crippen LogP) is 5.22. The SMILES string of the molecule is CC(C)(O)CNC1=CC(c2ccccc2C(F)(F)F)=CN(c2ccc(C(F)(F)F)nc2)C1. The molecule has 4 nitrogen and oxygen atoms in total. The highest BCUT2D eigenvalue weighted by Crippen LogP contribution is 2.37. The Hall–Kier alpha value is -3.01. The third-order valence-electron chi connectivity index (χ3n) is 4.63. The Morgan fingerprint density at radius 1 is 1.00 bits per heavy atom. The van der Waals surface area contributed by atoms with Crippen LogP contribution in [0.15, 0.2) is 60.6 Å². The number of rotatable bonds is 5. The molecule has 0 amide bonds. The van der Waals surface area contributed by atoms with Gasteiger partial charge >= 0.3 is 12.4 Å². The Morgan fingerprint density at radius 3 is 2.25 bits per heavy atom. The van der Waals surface area contributed by atoms with Crippen LogP contribution in [0.4, 0.5) is 32.0 Å². The lowest BCUT2D eigenvalue weighted by Crippen LogP contribution is -2.38. The fraction of sp³-hybridized carbons (Fsp3) is 0.318. The van der Waals surface area contributed by atoms with Crippen LogP contribution in [0.25, 0.3) is 5.57 Å². The summed E-state index contributed by atoms with van der Waals surface area (Å²) < 4.78 is 79.2. The summed E-state index contributed by atoms with van der Waals surface area (Å²) in [5, 5.41) is 13.0. The van der Waals surface area contributed by atoms with E-state index in [0.29, 0.717) is 5.70 Å². The second-order valence-corrected chi connectivity index (χ2v) is 7.99. The first-order valence-electron chi connectivity index (χ1n) is 9.59. The molecule has 2 aromatic rings. The Morgan fingerprint density at radius 2 is 1.69 bits per heavy atom. The van der Waals surface area contributed by atoms with Crippen LogP contribution >= 0.6 is 0 Å². The fourth-order valence-electron chi connectivity index (χ4n) is 3.12. The molecule has 1 aliphatic heterocycles. The number of hydrogen-bond acceptors (Lipinski definition) is 4. The normalized spacial score (nSPS) is 15.3. The molecule has 1 aromatic heterocycles. The van der Waals surface area contributed by atoms with Crippen molar-refractivity contribution in [2.75, 3.05) is 18.0 Å². The van der Waals surface area contributed by atoms with Crippen molar-refractivity contribution in [2.24, 2.45) is 0 Å². The lowest BCUT2D eigenvalue weighted by atomic mass is 9.97. The van der Waals surface area contributed by atoms with Gasteiger partial charge in [0.05, 0.1) is 29.6 Å². The van der Waals surface area contributed by atoms with Crippen molar-refractivity contribution in [1.82, 2.24) is 10.3 Å². The number of pyridine rings is 1. The molecule has 32 heavy (non-hydrogen) atoms. The Bertz CT molecular complexity index is 1020. The van der Waals surface area contributed by atoms with E-state index in [1.54, 1.807) is 13.8 Å². The zero-order chi connectivity index (χ0) is 23.7. The van der Waals surface area contributed by atoms with Gasteiger partial charge in [-0.05, 0) is 43.7 Å². The maximum absolute atomic E-state index is 13.6. The maximum atomic E-state index is 13.6. The number of hydrogen-bond donors (Lipinski definition) is 2. The van der Waals surface area contributed by atoms with Gasteiger partial charge in [-0.15, -0.1) is 0 Å². The molecule has 0 aliphatic carbocycles. The summed E-state index contributed by atoms with van der Waals surface area (Å²) in [6.07, 6.45) is -5.21. The van der Waals surface area contributed by atoms with E-state index in [1.807, 2.05) is 0 Å². The maximum Gasteiger partial charge on any atom is 0.433 e. The van der Waals surface area contributed by atoms with Crippen LogP contribution in [-0.4, -0.2) is 28.8 Å². The van der Waals surface area contributed by atoms with Gasteiger partial charge in [0.2, 0.25) is 0 Å². The van der Waals surface area contributed by atoms with Crippen LogP contribution in [0, 0.1) is 0 Å². The molecular formula is C22H21F6N3O. The summed E-state index contributed by atoms with van der Waals surface area (Å²) in [6, 6.07) is 7.07. The van der Waals surface area contributed by atoms with Gasteiger partial charge in [0.15, 0.2) is 0 Å². The summed E-state index contributed by atoms with van der Waals surface area (Å²) in [5.74, 6) is 0. The number of aromatic nitrogens is 1. The molecule has 0 bridgehead atoms. The number of benzene rings is 1. The number of alkyl halides is 6. The van der Waals surface area contributed by atoms with Gasteiger partial charge in [0.1, 0.15) is 5.69 Å². The fourth-order valence-corrected chi connectivity index (χ4v) is 3.12. The molecule has 3 rings (SSSR count). The number of halogens is 6. The van der Waals surface area contributed by atoms with E-state index < -0.39 is 29.2 Å². The highest BCUT2D eigenvalue weighted by Gasteiger charge is 2.35. The largest absolute Gasteiger partial charge is 0.433 e. The van der Waals surface area contributed by atoms with Crippen molar-refractivity contribution in [3.05, 3.63) is 77.4 Å². The molecule has 0 fully saturated rings. The third kappa shape index (κ3) is 5.82. The molecule has 0 spiro atoms. The number of allylic oxidation sites excluding steroid dienone is 2. The average Bonchev–Trinajstić information content (AvgIpc) is 2.70. The number of aliphatic hydroxyl groups is 1. The van der Waals surface area contributed by atoms with Gasteiger partial charge in [-0.1, -0.05) is 18.2 Å². The number of nitrogens with one attached hydrogen (secondary N) is 1. The Kier molecular flexibility index (Phi) is 6.28. The first-order valence-corrected chi connectivity index (χ1v) is 9.59. The standard InChI is InChI=1S/C22H21F6N3O/c1-20(2,32)13-30-15-9-14(17-5-3-4-6-18(17)21(23,24)25)11-31(12-15)16-7-8-19(29-10-16)22(26,27)28/h3-11,30,32H,12-13H2,1-2H3. The number of anilines is 1. The lowest BCUT2D eigenvalue weighted by Gasteiger charge is -2.30. The molecule has 0 unspecified atom stereocenters. The van der Waals surface area contributed by atoms with Gasteiger partial charge < -0.3 is 15.3 Å². The smallest absolute Gasteiger partial charge is 0.389 e. The summed E-state index contributed by atoms with van der Waals surface area (Å²) >= 11 is 0. The van der Waals surface area contributed by atoms with Crippen molar-refractivity contribution in [2.45, 2.75) is 31.8 Å². The van der Waals surface area contributed by atoms with Gasteiger partial charge in [0, 0.05) is 24.0 Å². The van der Waals surface area contributed by atoms with Crippen molar-refractivity contribution in [3.8, 4) is 0 Å². The Labute approximate surface area is 180 Å². The average molecular weight is 457 g/mol. The molecule has 0 radical (unpaired) electrons. The molecule has 2 N–H and O–H groups in total. The van der Waals surface area contributed by atoms with E-state index in [2.05, 4.69) is 10.3 Å². The van der Waals surface area contributed by atoms with Crippen molar-refractivity contribution in [1.29, 1.82) is 0 Å². The minimum Gasteiger partial charge on any atom is -0.389 e. The van der Waals surface area contributed by atoms with E-state index in [1.165, 1.54) is 41.4 Å². The van der Waals surface area contributed by atoms with Crippen molar-refractivity contribution < 1.29 is 31.4 Å². The quantitative estimate of drug-likeness (QED) is 0.605. The molecule has 172 valence electrons. The second kappa shape index (κ2) is 8.50. The number of nitrogens with zero attached hydrogens (tertiary/aromatic N) is 2. The predicted molar refractivity (Wildman–Crippen MR) is 108 cm³/mol.